The number of halogens is 1. The highest BCUT2D eigenvalue weighted by molar-refractivity contribution is 6.30. The van der Waals surface area contributed by atoms with Gasteiger partial charge in [0.15, 0.2) is 0 Å². The average molecular weight is 371 g/mol. The maximum Gasteiger partial charge on any atom is 0.235 e. The van der Waals surface area contributed by atoms with Crippen molar-refractivity contribution in [3.05, 3.63) is 53.2 Å². The van der Waals surface area contributed by atoms with Gasteiger partial charge in [0.1, 0.15) is 5.82 Å². The molecular formula is C20H23ClN4O. The molecule has 1 amide bonds. The van der Waals surface area contributed by atoms with Gasteiger partial charge in [-0.1, -0.05) is 23.7 Å². The summed E-state index contributed by atoms with van der Waals surface area (Å²) >= 11 is 6.09. The minimum Gasteiger partial charge on any atom is -0.354 e. The summed E-state index contributed by atoms with van der Waals surface area (Å²) in [5, 5.41) is 3.70. The Bertz CT molecular complexity index is 796. The molecule has 1 saturated carbocycles. The number of aromatic nitrogens is 1. The zero-order chi connectivity index (χ0) is 18.1. The normalized spacial score (nSPS) is 19.2. The first-order valence-corrected chi connectivity index (χ1v) is 9.42. The molecule has 2 heterocycles. The zero-order valence-electron chi connectivity index (χ0n) is 14.9. The molecule has 6 heteroatoms. The fourth-order valence-corrected chi connectivity index (χ4v) is 3.68. The second-order valence-corrected chi connectivity index (χ2v) is 7.68. The Morgan fingerprint density at radius 3 is 2.54 bits per heavy atom. The molecule has 4 rings (SSSR count). The zero-order valence-corrected chi connectivity index (χ0v) is 15.7. The summed E-state index contributed by atoms with van der Waals surface area (Å²) in [6.07, 6.45) is 3.46. The SMILES string of the molecule is CN1CCN(c2ccc(NC(=O)C3(c4cccc(Cl)c4)CC3)cn2)CC1. The van der Waals surface area contributed by atoms with Gasteiger partial charge < -0.3 is 15.1 Å². The summed E-state index contributed by atoms with van der Waals surface area (Å²) in [5.41, 5.74) is 1.28. The fourth-order valence-electron chi connectivity index (χ4n) is 3.49. The monoisotopic (exact) mass is 370 g/mol. The Hall–Kier alpha value is -2.11. The number of hydrogen-bond donors (Lipinski definition) is 1. The molecule has 0 radical (unpaired) electrons. The molecule has 26 heavy (non-hydrogen) atoms. The highest BCUT2D eigenvalue weighted by Crippen LogP contribution is 2.49. The lowest BCUT2D eigenvalue weighted by molar-refractivity contribution is -0.118. The molecule has 0 unspecified atom stereocenters. The van der Waals surface area contributed by atoms with Crippen LogP contribution in [0.25, 0.3) is 0 Å². The van der Waals surface area contributed by atoms with Crippen LogP contribution in [-0.4, -0.2) is 49.0 Å². The minimum atomic E-state index is -0.443. The molecule has 136 valence electrons. The number of benzene rings is 1. The molecule has 2 fully saturated rings. The van der Waals surface area contributed by atoms with Gasteiger partial charge >= 0.3 is 0 Å². The highest BCUT2D eigenvalue weighted by Gasteiger charge is 2.51. The Kier molecular flexibility index (Phi) is 4.59. The van der Waals surface area contributed by atoms with Crippen molar-refractivity contribution < 1.29 is 4.79 Å². The minimum absolute atomic E-state index is 0.0221. The van der Waals surface area contributed by atoms with Crippen LogP contribution in [0.3, 0.4) is 0 Å². The number of nitrogens with one attached hydrogen (secondary N) is 1. The maximum atomic E-state index is 12.8. The number of amides is 1. The van der Waals surface area contributed by atoms with Crippen molar-refractivity contribution in [2.45, 2.75) is 18.3 Å². The molecule has 1 saturated heterocycles. The predicted octanol–water partition coefficient (Wildman–Crippen LogP) is 3.16. The molecule has 1 aliphatic carbocycles. The Labute approximate surface area is 159 Å². The molecule has 0 bridgehead atoms. The smallest absolute Gasteiger partial charge is 0.235 e. The summed E-state index contributed by atoms with van der Waals surface area (Å²) in [7, 11) is 2.14. The second-order valence-electron chi connectivity index (χ2n) is 7.24. The number of nitrogens with zero attached hydrogens (tertiary/aromatic N) is 3. The van der Waals surface area contributed by atoms with Gasteiger partial charge in [0.2, 0.25) is 5.91 Å². The van der Waals surface area contributed by atoms with Crippen LogP contribution in [0, 0.1) is 0 Å². The van der Waals surface area contributed by atoms with E-state index in [0.29, 0.717) is 5.02 Å². The van der Waals surface area contributed by atoms with Gasteiger partial charge in [-0.05, 0) is 49.7 Å². The largest absolute Gasteiger partial charge is 0.354 e. The van der Waals surface area contributed by atoms with Gasteiger partial charge in [0.05, 0.1) is 17.3 Å². The van der Waals surface area contributed by atoms with Gasteiger partial charge in [-0.15, -0.1) is 0 Å². The van der Waals surface area contributed by atoms with E-state index in [9.17, 15) is 4.79 Å². The first kappa shape index (κ1) is 17.3. The average Bonchev–Trinajstić information content (AvgIpc) is 3.45. The molecule has 1 N–H and O–H groups in total. The maximum absolute atomic E-state index is 12.8. The fraction of sp³-hybridized carbons (Fsp3) is 0.400. The summed E-state index contributed by atoms with van der Waals surface area (Å²) < 4.78 is 0. The molecule has 0 atom stereocenters. The lowest BCUT2D eigenvalue weighted by Gasteiger charge is -2.33. The third kappa shape index (κ3) is 3.41. The van der Waals surface area contributed by atoms with Crippen LogP contribution in [0.15, 0.2) is 42.6 Å². The van der Waals surface area contributed by atoms with Crippen LogP contribution in [0.4, 0.5) is 11.5 Å². The molecule has 2 aliphatic rings. The molecule has 0 spiro atoms. The van der Waals surface area contributed by atoms with Crippen molar-refractivity contribution in [1.82, 2.24) is 9.88 Å². The summed E-state index contributed by atoms with van der Waals surface area (Å²) in [5.74, 6) is 0.987. The second kappa shape index (κ2) is 6.89. The topological polar surface area (TPSA) is 48.5 Å². The number of rotatable bonds is 4. The highest BCUT2D eigenvalue weighted by atomic mass is 35.5. The quantitative estimate of drug-likeness (QED) is 0.898. The predicted molar refractivity (Wildman–Crippen MR) is 105 cm³/mol. The van der Waals surface area contributed by atoms with Gasteiger partial charge in [0.25, 0.3) is 0 Å². The third-order valence-electron chi connectivity index (χ3n) is 5.39. The molecule has 2 aromatic rings. The van der Waals surface area contributed by atoms with E-state index in [0.717, 1.165) is 56.1 Å². The van der Waals surface area contributed by atoms with Gasteiger partial charge in [-0.2, -0.15) is 0 Å². The first-order valence-electron chi connectivity index (χ1n) is 9.04. The summed E-state index contributed by atoms with van der Waals surface area (Å²) in [4.78, 5) is 22.0. The van der Waals surface area contributed by atoms with Gasteiger partial charge in [-0.25, -0.2) is 4.98 Å². The van der Waals surface area contributed by atoms with Crippen LogP contribution in [-0.2, 0) is 10.2 Å². The Balaban J connectivity index is 1.43. The van der Waals surface area contributed by atoms with Gasteiger partial charge in [0, 0.05) is 31.2 Å². The van der Waals surface area contributed by atoms with Crippen molar-refractivity contribution in [3.63, 3.8) is 0 Å². The van der Waals surface area contributed by atoms with E-state index in [1.807, 2.05) is 36.4 Å². The number of hydrogen-bond acceptors (Lipinski definition) is 4. The van der Waals surface area contributed by atoms with Crippen LogP contribution in [0.2, 0.25) is 5.02 Å². The van der Waals surface area contributed by atoms with Crippen LogP contribution in [0.1, 0.15) is 18.4 Å². The lowest BCUT2D eigenvalue weighted by atomic mass is 9.95. The first-order chi connectivity index (χ1) is 12.6. The van der Waals surface area contributed by atoms with E-state index < -0.39 is 5.41 Å². The number of anilines is 2. The van der Waals surface area contributed by atoms with Crippen LogP contribution < -0.4 is 10.2 Å². The lowest BCUT2D eigenvalue weighted by Crippen LogP contribution is -2.44. The summed E-state index contributed by atoms with van der Waals surface area (Å²) in [6.45, 7) is 4.05. The van der Waals surface area contributed by atoms with E-state index in [1.165, 1.54) is 0 Å². The number of carbonyl (C=O) groups excluding carboxylic acids is 1. The van der Waals surface area contributed by atoms with E-state index in [-0.39, 0.29) is 5.91 Å². The molecular weight excluding hydrogens is 348 g/mol. The van der Waals surface area contributed by atoms with Gasteiger partial charge in [-0.3, -0.25) is 4.79 Å². The summed E-state index contributed by atoms with van der Waals surface area (Å²) in [6, 6.07) is 11.5. The molecule has 5 nitrogen and oxygen atoms in total. The van der Waals surface area contributed by atoms with Crippen molar-refractivity contribution in [3.8, 4) is 0 Å². The van der Waals surface area contributed by atoms with Crippen molar-refractivity contribution in [2.24, 2.45) is 0 Å². The number of likely N-dealkylation sites (N-methyl/N-ethyl adjacent to an activating group) is 1. The van der Waals surface area contributed by atoms with Crippen LogP contribution in [0.5, 0.6) is 0 Å². The van der Waals surface area contributed by atoms with E-state index >= 15 is 0 Å². The standard InChI is InChI=1S/C20H23ClN4O/c1-24-9-11-25(12-10-24)18-6-5-17(14-22-18)23-19(26)20(7-8-20)15-3-2-4-16(21)13-15/h2-6,13-14H,7-12H2,1H3,(H,23,26). The van der Waals surface area contributed by atoms with Crippen molar-refractivity contribution in [1.29, 1.82) is 0 Å². The van der Waals surface area contributed by atoms with E-state index in [1.54, 1.807) is 6.20 Å². The molecule has 1 aromatic heterocycles. The van der Waals surface area contributed by atoms with Crippen molar-refractivity contribution >= 4 is 29.0 Å². The van der Waals surface area contributed by atoms with Crippen molar-refractivity contribution in [2.75, 3.05) is 43.4 Å². The Morgan fingerprint density at radius 2 is 1.92 bits per heavy atom. The molecule has 1 aromatic carbocycles. The van der Waals surface area contributed by atoms with Crippen LogP contribution >= 0.6 is 11.6 Å². The van der Waals surface area contributed by atoms with E-state index in [4.69, 9.17) is 11.6 Å². The van der Waals surface area contributed by atoms with E-state index in [2.05, 4.69) is 27.1 Å². The number of carbonyl (C=O) groups is 1. The Morgan fingerprint density at radius 1 is 1.15 bits per heavy atom. The number of piperazine rings is 1. The number of pyridine rings is 1. The molecule has 1 aliphatic heterocycles. The third-order valence-corrected chi connectivity index (χ3v) is 5.63.